The van der Waals surface area contributed by atoms with Crippen LogP contribution in [0.25, 0.3) is 28.0 Å². The van der Waals surface area contributed by atoms with Crippen LogP contribution in [-0.4, -0.2) is 38.1 Å². The summed E-state index contributed by atoms with van der Waals surface area (Å²) in [6.45, 7) is 14.6. The number of nitrogens with zero attached hydrogens (tertiary/aromatic N) is 4. The van der Waals surface area contributed by atoms with Crippen molar-refractivity contribution < 1.29 is 14.6 Å². The molecule has 220 valence electrons. The van der Waals surface area contributed by atoms with Gasteiger partial charge in [-0.3, -0.25) is 4.79 Å². The van der Waals surface area contributed by atoms with Crippen molar-refractivity contribution >= 4 is 23.1 Å². The summed E-state index contributed by atoms with van der Waals surface area (Å²) in [4.78, 5) is 30.5. The van der Waals surface area contributed by atoms with E-state index in [4.69, 9.17) is 14.8 Å². The van der Waals surface area contributed by atoms with Crippen molar-refractivity contribution in [2.24, 2.45) is 5.10 Å². The fraction of sp³-hybridized carbons (Fsp3) is 0.257. The maximum absolute atomic E-state index is 13.9. The molecule has 2 heterocycles. The molecule has 0 aliphatic heterocycles. The number of carboxylic acid groups (broad SMARTS) is 1. The third-order valence-corrected chi connectivity index (χ3v) is 7.75. The van der Waals surface area contributed by atoms with Crippen LogP contribution in [0.1, 0.15) is 70.7 Å². The lowest BCUT2D eigenvalue weighted by molar-refractivity contribution is 0.0697. The highest BCUT2D eigenvalue weighted by molar-refractivity contribution is 5.89. The van der Waals surface area contributed by atoms with Crippen molar-refractivity contribution in [3.8, 4) is 22.8 Å². The Balaban J connectivity index is 1.70. The van der Waals surface area contributed by atoms with Crippen LogP contribution in [0, 0.1) is 27.7 Å². The van der Waals surface area contributed by atoms with Crippen molar-refractivity contribution in [3.63, 3.8) is 0 Å². The highest BCUT2D eigenvalue weighted by Crippen LogP contribution is 2.34. The SMILES string of the molecule is CCOc1cc(C)c(-c2nc3ccccc3c(=O)n2N=Cc2cc(C)n(-c3cc(C(=O)O)ccc3C)c2C)cc1C(C)C. The largest absolute Gasteiger partial charge is 0.494 e. The smallest absolute Gasteiger partial charge is 0.335 e. The average molecular weight is 577 g/mol. The van der Waals surface area contributed by atoms with Crippen molar-refractivity contribution in [2.45, 2.75) is 54.4 Å². The summed E-state index contributed by atoms with van der Waals surface area (Å²) in [5.74, 6) is 0.484. The standard InChI is InChI=1S/C35H36N4O4/c1-8-43-32-15-22(5)29(18-28(32)20(2)3)33-37-30-12-10-9-11-27(30)34(40)39(33)36-19-26-16-23(6)38(24(26)7)31-17-25(35(41)42)14-13-21(31)4/h9-20H,8H2,1-7H3,(H,41,42). The van der Waals surface area contributed by atoms with Gasteiger partial charge in [0.2, 0.25) is 0 Å². The van der Waals surface area contributed by atoms with Gasteiger partial charge in [0.1, 0.15) is 5.75 Å². The summed E-state index contributed by atoms with van der Waals surface area (Å²) in [5, 5.41) is 14.8. The zero-order valence-electron chi connectivity index (χ0n) is 25.6. The topological polar surface area (TPSA) is 98.7 Å². The number of ether oxygens (including phenoxy) is 1. The van der Waals surface area contributed by atoms with Crippen molar-refractivity contribution in [1.82, 2.24) is 14.2 Å². The lowest BCUT2D eigenvalue weighted by Crippen LogP contribution is -2.21. The Morgan fingerprint density at radius 2 is 1.77 bits per heavy atom. The minimum atomic E-state index is -0.980. The van der Waals surface area contributed by atoms with E-state index in [2.05, 4.69) is 19.9 Å². The molecule has 43 heavy (non-hydrogen) atoms. The van der Waals surface area contributed by atoms with Gasteiger partial charge in [0.15, 0.2) is 5.82 Å². The summed E-state index contributed by atoms with van der Waals surface area (Å²) in [7, 11) is 0. The molecule has 3 aromatic carbocycles. The number of aromatic carboxylic acids is 1. The fourth-order valence-corrected chi connectivity index (χ4v) is 5.47. The van der Waals surface area contributed by atoms with Gasteiger partial charge in [-0.1, -0.05) is 32.0 Å². The number of benzene rings is 3. The molecule has 0 radical (unpaired) electrons. The van der Waals surface area contributed by atoms with Crippen LogP contribution in [0.15, 0.2) is 70.6 Å². The maximum atomic E-state index is 13.9. The molecule has 2 aromatic heterocycles. The molecule has 0 saturated carbocycles. The van der Waals surface area contributed by atoms with Gasteiger partial charge >= 0.3 is 5.97 Å². The monoisotopic (exact) mass is 576 g/mol. The zero-order chi connectivity index (χ0) is 31.0. The predicted octanol–water partition coefficient (Wildman–Crippen LogP) is 7.19. The van der Waals surface area contributed by atoms with Gasteiger partial charge < -0.3 is 14.4 Å². The second-order valence-electron chi connectivity index (χ2n) is 11.1. The molecular formula is C35H36N4O4. The van der Waals surface area contributed by atoms with E-state index in [0.717, 1.165) is 50.6 Å². The van der Waals surface area contributed by atoms with E-state index < -0.39 is 5.97 Å². The third kappa shape index (κ3) is 5.48. The van der Waals surface area contributed by atoms with Crippen LogP contribution in [0.5, 0.6) is 5.75 Å². The number of aryl methyl sites for hydroxylation is 3. The van der Waals surface area contributed by atoms with Crippen molar-refractivity contribution in [1.29, 1.82) is 0 Å². The second kappa shape index (κ2) is 11.7. The molecule has 5 rings (SSSR count). The lowest BCUT2D eigenvalue weighted by Gasteiger charge is -2.18. The number of aromatic nitrogens is 3. The Labute approximate surface area is 250 Å². The molecule has 0 atom stereocenters. The fourth-order valence-electron chi connectivity index (χ4n) is 5.47. The highest BCUT2D eigenvalue weighted by atomic mass is 16.5. The molecule has 0 saturated heterocycles. The first-order valence-electron chi connectivity index (χ1n) is 14.4. The van der Waals surface area contributed by atoms with Crippen LogP contribution in [0.3, 0.4) is 0 Å². The van der Waals surface area contributed by atoms with E-state index in [0.29, 0.717) is 23.3 Å². The number of hydrogen-bond donors (Lipinski definition) is 1. The predicted molar refractivity (Wildman–Crippen MR) is 171 cm³/mol. The maximum Gasteiger partial charge on any atom is 0.335 e. The third-order valence-electron chi connectivity index (χ3n) is 7.75. The van der Waals surface area contributed by atoms with Crippen LogP contribution >= 0.6 is 0 Å². The molecular weight excluding hydrogens is 540 g/mol. The molecule has 0 amide bonds. The molecule has 5 aromatic rings. The van der Waals surface area contributed by atoms with Gasteiger partial charge in [0.05, 0.1) is 29.3 Å². The van der Waals surface area contributed by atoms with Gasteiger partial charge in [0.25, 0.3) is 5.56 Å². The summed E-state index contributed by atoms with van der Waals surface area (Å²) < 4.78 is 9.32. The Kier molecular flexibility index (Phi) is 8.04. The Morgan fingerprint density at radius 3 is 2.47 bits per heavy atom. The van der Waals surface area contributed by atoms with Gasteiger partial charge in [-0.05, 0) is 99.7 Å². The van der Waals surface area contributed by atoms with Crippen LogP contribution in [0.2, 0.25) is 0 Å². The molecule has 0 fully saturated rings. The summed E-state index contributed by atoms with van der Waals surface area (Å²) in [5.41, 5.74) is 7.61. The molecule has 8 heteroatoms. The first-order valence-corrected chi connectivity index (χ1v) is 14.4. The normalized spacial score (nSPS) is 11.6. The van der Waals surface area contributed by atoms with E-state index in [1.807, 2.05) is 75.6 Å². The van der Waals surface area contributed by atoms with Gasteiger partial charge in [-0.2, -0.15) is 9.78 Å². The molecule has 1 N–H and O–H groups in total. The molecule has 0 aliphatic rings. The Hall–Kier alpha value is -4.98. The number of rotatable bonds is 8. The van der Waals surface area contributed by atoms with Gasteiger partial charge in [-0.15, -0.1) is 0 Å². The first kappa shape index (κ1) is 29.5. The van der Waals surface area contributed by atoms with Crippen LogP contribution in [0.4, 0.5) is 0 Å². The molecule has 0 bridgehead atoms. The van der Waals surface area contributed by atoms with E-state index in [-0.39, 0.29) is 17.0 Å². The minimum absolute atomic E-state index is 0.193. The van der Waals surface area contributed by atoms with E-state index in [1.165, 1.54) is 4.68 Å². The second-order valence-corrected chi connectivity index (χ2v) is 11.1. The molecule has 0 unspecified atom stereocenters. The molecule has 0 aliphatic carbocycles. The quantitative estimate of drug-likeness (QED) is 0.197. The summed E-state index contributed by atoms with van der Waals surface area (Å²) >= 11 is 0. The van der Waals surface area contributed by atoms with Crippen molar-refractivity contribution in [3.05, 3.63) is 110 Å². The number of carbonyl (C=O) groups is 1. The molecule has 8 nitrogen and oxygen atoms in total. The first-order chi connectivity index (χ1) is 20.5. The van der Waals surface area contributed by atoms with E-state index >= 15 is 0 Å². The summed E-state index contributed by atoms with van der Waals surface area (Å²) in [6, 6.07) is 18.4. The Morgan fingerprint density at radius 1 is 1.02 bits per heavy atom. The van der Waals surface area contributed by atoms with Crippen molar-refractivity contribution in [2.75, 3.05) is 6.61 Å². The lowest BCUT2D eigenvalue weighted by atomic mass is 9.96. The number of fused-ring (bicyclic) bond motifs is 1. The zero-order valence-corrected chi connectivity index (χ0v) is 25.6. The molecule has 0 spiro atoms. The van der Waals surface area contributed by atoms with Crippen LogP contribution in [-0.2, 0) is 0 Å². The number of hydrogen-bond acceptors (Lipinski definition) is 5. The minimum Gasteiger partial charge on any atom is -0.494 e. The highest BCUT2D eigenvalue weighted by Gasteiger charge is 2.19. The Bertz CT molecular complexity index is 1960. The van der Waals surface area contributed by atoms with E-state index in [9.17, 15) is 14.7 Å². The van der Waals surface area contributed by atoms with Crippen LogP contribution < -0.4 is 10.3 Å². The summed E-state index contributed by atoms with van der Waals surface area (Å²) in [6.07, 6.45) is 1.67. The van der Waals surface area contributed by atoms with Gasteiger partial charge in [-0.25, -0.2) is 9.78 Å². The average Bonchev–Trinajstić information content (AvgIpc) is 3.25. The number of carboxylic acids is 1. The van der Waals surface area contributed by atoms with Gasteiger partial charge in [0, 0.05) is 28.2 Å². The number of para-hydroxylation sites is 1. The van der Waals surface area contributed by atoms with E-state index in [1.54, 1.807) is 24.4 Å².